The van der Waals surface area contributed by atoms with Gasteiger partial charge in [0.15, 0.2) is 0 Å². The van der Waals surface area contributed by atoms with Gasteiger partial charge in [0.25, 0.3) is 0 Å². The van der Waals surface area contributed by atoms with Crippen LogP contribution in [0.4, 0.5) is 0 Å². The molecule has 0 aromatic carbocycles. The van der Waals surface area contributed by atoms with Gasteiger partial charge in [-0.05, 0) is 13.8 Å². The Bertz CT molecular complexity index is 459. The highest BCUT2D eigenvalue weighted by atomic mass is 16.6. The summed E-state index contributed by atoms with van der Waals surface area (Å²) in [6.45, 7) is 8.57. The van der Waals surface area contributed by atoms with Gasteiger partial charge in [0.1, 0.15) is 18.9 Å². The highest BCUT2D eigenvalue weighted by molar-refractivity contribution is 5.92. The van der Waals surface area contributed by atoms with E-state index in [4.69, 9.17) is 5.11 Å². The molecule has 0 radical (unpaired) electrons. The monoisotopic (exact) mass is 406 g/mol. The summed E-state index contributed by atoms with van der Waals surface area (Å²) in [5, 5.41) is 18.2. The molecule has 0 saturated heterocycles. The summed E-state index contributed by atoms with van der Waals surface area (Å²) in [4.78, 5) is 46.3. The van der Waals surface area contributed by atoms with E-state index >= 15 is 0 Å². The van der Waals surface area contributed by atoms with Crippen molar-refractivity contribution in [2.24, 2.45) is 0 Å². The number of ether oxygens (including phenoxy) is 1. The molecule has 0 spiro atoms. The molecule has 2 unspecified atom stereocenters. The minimum atomic E-state index is -0.857. The second kappa shape index (κ2) is 19.6. The number of aliphatic hydroxyl groups excluding tert-OH is 1. The van der Waals surface area contributed by atoms with Crippen LogP contribution < -0.4 is 21.3 Å². The van der Waals surface area contributed by atoms with Gasteiger partial charge in [-0.15, -0.1) is 0 Å². The summed E-state index contributed by atoms with van der Waals surface area (Å²) in [6.07, 6.45) is 1.51. The summed E-state index contributed by atoms with van der Waals surface area (Å²) in [7, 11) is 0. The van der Waals surface area contributed by atoms with Crippen LogP contribution in [0.5, 0.6) is 0 Å². The van der Waals surface area contributed by atoms with Crippen LogP contribution in [0.25, 0.3) is 0 Å². The normalized spacial score (nSPS) is 11.5. The lowest BCUT2D eigenvalue weighted by atomic mass is 10.2. The van der Waals surface area contributed by atoms with Crippen LogP contribution in [-0.4, -0.2) is 67.3 Å². The summed E-state index contributed by atoms with van der Waals surface area (Å²) < 4.78 is 4.63. The summed E-state index contributed by atoms with van der Waals surface area (Å²) in [5.74, 6) is -1.72. The van der Waals surface area contributed by atoms with Gasteiger partial charge in [0.2, 0.25) is 23.6 Å². The molecule has 0 aromatic heterocycles. The van der Waals surface area contributed by atoms with Crippen molar-refractivity contribution in [2.45, 2.75) is 67.0 Å². The molecule has 4 amide bonds. The zero-order chi connectivity index (χ0) is 21.2. The molecule has 0 bridgehead atoms. The van der Waals surface area contributed by atoms with Crippen molar-refractivity contribution in [1.82, 2.24) is 21.3 Å². The van der Waals surface area contributed by atoms with Crippen molar-refractivity contribution in [3.05, 3.63) is 0 Å². The first-order valence-electron chi connectivity index (χ1n) is 9.06. The van der Waals surface area contributed by atoms with E-state index in [2.05, 4.69) is 39.9 Å². The molecule has 10 heteroatoms. The third-order valence-corrected chi connectivity index (χ3v) is 2.93. The van der Waals surface area contributed by atoms with Crippen LogP contribution >= 0.6 is 0 Å². The van der Waals surface area contributed by atoms with E-state index in [1.165, 1.54) is 20.3 Å². The third kappa shape index (κ3) is 17.2. The Morgan fingerprint density at radius 1 is 0.893 bits per heavy atom. The molecule has 28 heavy (non-hydrogen) atoms. The maximum atomic E-state index is 11.8. The van der Waals surface area contributed by atoms with Gasteiger partial charge < -0.3 is 31.1 Å². The first-order chi connectivity index (χ1) is 12.7. The van der Waals surface area contributed by atoms with Gasteiger partial charge >= 0.3 is 0 Å². The third-order valence-electron chi connectivity index (χ3n) is 2.93. The van der Waals surface area contributed by atoms with Gasteiger partial charge in [-0.25, -0.2) is 0 Å². The molecule has 0 rings (SSSR count). The number of rotatable bonds is 11. The lowest BCUT2D eigenvalue weighted by Gasteiger charge is -2.18. The number of nitrogens with one attached hydrogen (secondary N) is 4. The number of amides is 4. The smallest absolute Gasteiger partial charge is 0.242 e. The molecular weight excluding hydrogens is 368 g/mol. The highest BCUT2D eigenvalue weighted by Crippen LogP contribution is 1.89. The lowest BCUT2D eigenvalue weighted by Crippen LogP contribution is -2.52. The minimum absolute atomic E-state index is 0. The Morgan fingerprint density at radius 2 is 1.43 bits per heavy atom. The Hall–Kier alpha value is -2.20. The number of carbonyl (C=O) groups excluding carboxylic acids is 4. The molecule has 0 aliphatic rings. The predicted molar refractivity (Wildman–Crippen MR) is 107 cm³/mol. The van der Waals surface area contributed by atoms with Gasteiger partial charge in [-0.3, -0.25) is 19.2 Å². The minimum Gasteiger partial charge on any atom is -0.371 e. The second-order valence-corrected chi connectivity index (χ2v) is 5.69. The number of hydrogen-bond acceptors (Lipinski definition) is 6. The fraction of sp³-hybridized carbons (Fsp3) is 0.778. The molecule has 0 fully saturated rings. The van der Waals surface area contributed by atoms with Crippen LogP contribution in [0.2, 0.25) is 0 Å². The van der Waals surface area contributed by atoms with E-state index in [1.54, 1.807) is 6.92 Å². The number of carbonyl (C=O) groups is 4. The van der Waals surface area contributed by atoms with Crippen LogP contribution in [0, 0.1) is 0 Å². The fourth-order valence-corrected chi connectivity index (χ4v) is 1.52. The summed E-state index contributed by atoms with van der Waals surface area (Å²) in [5.41, 5.74) is 0. The van der Waals surface area contributed by atoms with Crippen LogP contribution in [0.3, 0.4) is 0 Å². The molecule has 0 aliphatic carbocycles. The van der Waals surface area contributed by atoms with E-state index in [0.717, 1.165) is 0 Å². The molecule has 166 valence electrons. The fourth-order valence-electron chi connectivity index (χ4n) is 1.52. The van der Waals surface area contributed by atoms with Gasteiger partial charge in [-0.2, -0.15) is 0 Å². The molecule has 0 heterocycles. The average Bonchev–Trinajstić information content (AvgIpc) is 2.63. The molecule has 0 aliphatic heterocycles. The van der Waals surface area contributed by atoms with Crippen molar-refractivity contribution in [1.29, 1.82) is 0 Å². The standard InChI is InChI=1S/C14H26N4O6.C3H8.CH4/c1-4-11(20)17-10(3)14(23)18-9(2)13(22)16-7-12(21)15-5-6-24-8-19;1-3-2;/h9-10,19H,4-8H2,1-3H3,(H,15,21)(H,16,22)(H,17,20)(H,18,23);3H2,1-2H3;1H4. The topological polar surface area (TPSA) is 146 Å². The zero-order valence-electron chi connectivity index (χ0n) is 16.9. The Morgan fingerprint density at radius 3 is 1.93 bits per heavy atom. The largest absolute Gasteiger partial charge is 0.371 e. The Labute approximate surface area is 168 Å². The van der Waals surface area contributed by atoms with Crippen molar-refractivity contribution >= 4 is 23.6 Å². The molecule has 5 N–H and O–H groups in total. The summed E-state index contributed by atoms with van der Waals surface area (Å²) >= 11 is 0. The highest BCUT2D eigenvalue weighted by Gasteiger charge is 2.20. The quantitative estimate of drug-likeness (QED) is 0.234. The first kappa shape index (κ1) is 30.5. The van der Waals surface area contributed by atoms with Gasteiger partial charge in [0, 0.05) is 13.0 Å². The molecule has 0 saturated carbocycles. The molecular formula is C18H38N4O6. The predicted octanol–water partition coefficient (Wildman–Crippen LogP) is -0.343. The molecule has 0 aromatic rings. The van der Waals surface area contributed by atoms with Crippen molar-refractivity contribution in [3.63, 3.8) is 0 Å². The SMILES string of the molecule is C.CCC.CCC(=O)NC(C)C(=O)NC(C)C(=O)NCC(=O)NCCOCO. The van der Waals surface area contributed by atoms with Crippen LogP contribution in [0.15, 0.2) is 0 Å². The van der Waals surface area contributed by atoms with E-state index in [-0.39, 0.29) is 39.5 Å². The maximum absolute atomic E-state index is 11.8. The van der Waals surface area contributed by atoms with Gasteiger partial charge in [-0.1, -0.05) is 34.6 Å². The van der Waals surface area contributed by atoms with E-state index < -0.39 is 36.6 Å². The Kier molecular flexibility index (Phi) is 21.3. The van der Waals surface area contributed by atoms with E-state index in [1.807, 2.05) is 0 Å². The van der Waals surface area contributed by atoms with E-state index in [9.17, 15) is 19.2 Å². The van der Waals surface area contributed by atoms with Crippen molar-refractivity contribution in [2.75, 3.05) is 26.5 Å². The number of hydrogen-bond donors (Lipinski definition) is 5. The average molecular weight is 407 g/mol. The first-order valence-corrected chi connectivity index (χ1v) is 9.06. The summed E-state index contributed by atoms with van der Waals surface area (Å²) in [6, 6.07) is -1.62. The van der Waals surface area contributed by atoms with Crippen LogP contribution in [-0.2, 0) is 23.9 Å². The second-order valence-electron chi connectivity index (χ2n) is 5.69. The van der Waals surface area contributed by atoms with E-state index in [0.29, 0.717) is 0 Å². The van der Waals surface area contributed by atoms with Crippen molar-refractivity contribution < 1.29 is 29.0 Å². The Balaban J connectivity index is -0.00000146. The van der Waals surface area contributed by atoms with Crippen LogP contribution in [0.1, 0.15) is 54.9 Å². The molecule has 10 nitrogen and oxygen atoms in total. The zero-order valence-corrected chi connectivity index (χ0v) is 16.9. The lowest BCUT2D eigenvalue weighted by molar-refractivity contribution is -0.132. The maximum Gasteiger partial charge on any atom is 0.242 e. The van der Waals surface area contributed by atoms with Gasteiger partial charge in [0.05, 0.1) is 13.2 Å². The molecule has 2 atom stereocenters. The van der Waals surface area contributed by atoms with Crippen molar-refractivity contribution in [3.8, 4) is 0 Å². The number of aliphatic hydroxyl groups is 1.